The summed E-state index contributed by atoms with van der Waals surface area (Å²) >= 11 is 0. The van der Waals surface area contributed by atoms with Gasteiger partial charge in [-0.25, -0.2) is 0 Å². The number of anilines is 1. The Hall–Kier alpha value is -1.88. The highest BCUT2D eigenvalue weighted by Crippen LogP contribution is 2.05. The van der Waals surface area contributed by atoms with Crippen molar-refractivity contribution < 1.29 is 14.3 Å². The monoisotopic (exact) mass is 250 g/mol. The van der Waals surface area contributed by atoms with Crippen LogP contribution in [0.25, 0.3) is 0 Å². The summed E-state index contributed by atoms with van der Waals surface area (Å²) in [6, 6.07) is 9.27. The zero-order chi connectivity index (χ0) is 13.4. The fourth-order valence-electron chi connectivity index (χ4n) is 1.40. The van der Waals surface area contributed by atoms with Crippen molar-refractivity contribution in [2.45, 2.75) is 6.42 Å². The first kappa shape index (κ1) is 14.2. The first-order valence-electron chi connectivity index (χ1n) is 5.72. The van der Waals surface area contributed by atoms with Crippen LogP contribution in [0, 0.1) is 0 Å². The van der Waals surface area contributed by atoms with Gasteiger partial charge < -0.3 is 10.1 Å². The van der Waals surface area contributed by atoms with Crippen LogP contribution in [-0.4, -0.2) is 44.0 Å². The highest BCUT2D eigenvalue weighted by molar-refractivity contribution is 5.90. The van der Waals surface area contributed by atoms with Gasteiger partial charge in [-0.2, -0.15) is 0 Å². The zero-order valence-corrected chi connectivity index (χ0v) is 10.7. The van der Waals surface area contributed by atoms with E-state index in [0.717, 1.165) is 5.69 Å². The molecule has 0 aliphatic carbocycles. The van der Waals surface area contributed by atoms with Crippen molar-refractivity contribution in [3.05, 3.63) is 30.3 Å². The van der Waals surface area contributed by atoms with E-state index >= 15 is 0 Å². The molecule has 0 saturated heterocycles. The Morgan fingerprint density at radius 3 is 2.56 bits per heavy atom. The molecule has 1 aromatic carbocycles. The third kappa shape index (κ3) is 5.45. The Bertz CT molecular complexity index is 392. The van der Waals surface area contributed by atoms with Crippen molar-refractivity contribution in [2.24, 2.45) is 0 Å². The standard InChI is InChI=1S/C13H18N2O3/c1-15(10-13(17)18-2)9-8-12(16)14-11-6-4-3-5-7-11/h3-7H,8-10H2,1-2H3,(H,14,16). The maximum absolute atomic E-state index is 11.6. The van der Waals surface area contributed by atoms with E-state index in [9.17, 15) is 9.59 Å². The normalized spacial score (nSPS) is 10.2. The van der Waals surface area contributed by atoms with Gasteiger partial charge in [-0.15, -0.1) is 0 Å². The van der Waals surface area contributed by atoms with Gasteiger partial charge in [-0.3, -0.25) is 14.5 Å². The lowest BCUT2D eigenvalue weighted by atomic mass is 10.3. The predicted octanol–water partition coefficient (Wildman–Crippen LogP) is 1.12. The molecule has 5 nitrogen and oxygen atoms in total. The van der Waals surface area contributed by atoms with E-state index in [4.69, 9.17) is 0 Å². The molecular weight excluding hydrogens is 232 g/mol. The van der Waals surface area contributed by atoms with E-state index in [-0.39, 0.29) is 18.4 Å². The van der Waals surface area contributed by atoms with Crippen LogP contribution in [0.2, 0.25) is 0 Å². The van der Waals surface area contributed by atoms with Crippen LogP contribution in [0.5, 0.6) is 0 Å². The minimum absolute atomic E-state index is 0.0714. The zero-order valence-electron chi connectivity index (χ0n) is 10.7. The van der Waals surface area contributed by atoms with Crippen molar-refractivity contribution in [3.8, 4) is 0 Å². The van der Waals surface area contributed by atoms with Crippen LogP contribution in [0.4, 0.5) is 5.69 Å². The number of para-hydroxylation sites is 1. The number of hydrogen-bond acceptors (Lipinski definition) is 4. The Labute approximate surface area is 107 Å². The highest BCUT2D eigenvalue weighted by atomic mass is 16.5. The molecule has 0 atom stereocenters. The minimum Gasteiger partial charge on any atom is -0.468 e. The maximum atomic E-state index is 11.6. The number of likely N-dealkylation sites (N-methyl/N-ethyl adjacent to an activating group) is 1. The predicted molar refractivity (Wildman–Crippen MR) is 69.2 cm³/mol. The van der Waals surface area contributed by atoms with Crippen molar-refractivity contribution in [1.29, 1.82) is 0 Å². The molecule has 0 aliphatic rings. The number of benzene rings is 1. The summed E-state index contributed by atoms with van der Waals surface area (Å²) < 4.78 is 4.54. The topological polar surface area (TPSA) is 58.6 Å². The van der Waals surface area contributed by atoms with Gasteiger partial charge in [0.2, 0.25) is 5.91 Å². The molecule has 0 unspecified atom stereocenters. The molecule has 0 spiro atoms. The van der Waals surface area contributed by atoms with Crippen LogP contribution in [-0.2, 0) is 14.3 Å². The van der Waals surface area contributed by atoms with Crippen LogP contribution in [0.3, 0.4) is 0 Å². The molecule has 5 heteroatoms. The largest absolute Gasteiger partial charge is 0.468 e. The molecule has 0 aromatic heterocycles. The first-order chi connectivity index (χ1) is 8.61. The highest BCUT2D eigenvalue weighted by Gasteiger charge is 2.08. The molecule has 0 bridgehead atoms. The average molecular weight is 250 g/mol. The van der Waals surface area contributed by atoms with E-state index in [1.165, 1.54) is 7.11 Å². The molecule has 98 valence electrons. The molecule has 1 rings (SSSR count). The van der Waals surface area contributed by atoms with Crippen LogP contribution >= 0.6 is 0 Å². The number of hydrogen-bond donors (Lipinski definition) is 1. The minimum atomic E-state index is -0.305. The second-order valence-corrected chi connectivity index (χ2v) is 3.98. The SMILES string of the molecule is COC(=O)CN(C)CCC(=O)Nc1ccccc1. The van der Waals surface area contributed by atoms with Gasteiger partial charge >= 0.3 is 5.97 Å². The van der Waals surface area contributed by atoms with Gasteiger partial charge in [0.25, 0.3) is 0 Å². The molecule has 0 heterocycles. The summed E-state index contributed by atoms with van der Waals surface area (Å²) in [5.41, 5.74) is 0.776. The number of amides is 1. The third-order valence-electron chi connectivity index (χ3n) is 2.40. The van der Waals surface area contributed by atoms with Crippen LogP contribution < -0.4 is 5.32 Å². The first-order valence-corrected chi connectivity index (χ1v) is 5.72. The Morgan fingerprint density at radius 1 is 1.28 bits per heavy atom. The van der Waals surface area contributed by atoms with Crippen molar-refractivity contribution in [2.75, 3.05) is 32.6 Å². The van der Waals surface area contributed by atoms with E-state index < -0.39 is 0 Å². The smallest absolute Gasteiger partial charge is 0.319 e. The van der Waals surface area contributed by atoms with Gasteiger partial charge in [-0.05, 0) is 19.2 Å². The molecule has 1 N–H and O–H groups in total. The number of carbonyl (C=O) groups excluding carboxylic acids is 2. The van der Waals surface area contributed by atoms with Gasteiger partial charge in [0, 0.05) is 18.7 Å². The van der Waals surface area contributed by atoms with Gasteiger partial charge in [0.15, 0.2) is 0 Å². The van der Waals surface area contributed by atoms with E-state index in [1.807, 2.05) is 30.3 Å². The number of rotatable bonds is 6. The summed E-state index contributed by atoms with van der Waals surface area (Å²) in [6.45, 7) is 0.697. The molecular formula is C13H18N2O3. The van der Waals surface area contributed by atoms with E-state index in [1.54, 1.807) is 11.9 Å². The molecule has 0 saturated carbocycles. The van der Waals surface area contributed by atoms with Crippen LogP contribution in [0.1, 0.15) is 6.42 Å². The van der Waals surface area contributed by atoms with E-state index in [2.05, 4.69) is 10.1 Å². The second-order valence-electron chi connectivity index (χ2n) is 3.98. The number of carbonyl (C=O) groups is 2. The van der Waals surface area contributed by atoms with E-state index in [0.29, 0.717) is 13.0 Å². The third-order valence-corrected chi connectivity index (χ3v) is 2.40. The van der Waals surface area contributed by atoms with Gasteiger partial charge in [-0.1, -0.05) is 18.2 Å². The number of nitrogens with zero attached hydrogens (tertiary/aromatic N) is 1. The Morgan fingerprint density at radius 2 is 1.94 bits per heavy atom. The number of nitrogens with one attached hydrogen (secondary N) is 1. The molecule has 0 aliphatic heterocycles. The average Bonchev–Trinajstić information content (AvgIpc) is 2.37. The Balaban J connectivity index is 2.27. The fourth-order valence-corrected chi connectivity index (χ4v) is 1.40. The molecule has 1 amide bonds. The number of esters is 1. The lowest BCUT2D eigenvalue weighted by Gasteiger charge is -2.14. The van der Waals surface area contributed by atoms with Gasteiger partial charge in [0.1, 0.15) is 0 Å². The van der Waals surface area contributed by atoms with Crippen molar-refractivity contribution >= 4 is 17.6 Å². The summed E-state index contributed by atoms with van der Waals surface area (Å²) in [7, 11) is 3.12. The van der Waals surface area contributed by atoms with Crippen LogP contribution in [0.15, 0.2) is 30.3 Å². The summed E-state index contributed by atoms with van der Waals surface area (Å²) in [6.07, 6.45) is 0.336. The maximum Gasteiger partial charge on any atom is 0.319 e. The molecule has 0 fully saturated rings. The lowest BCUT2D eigenvalue weighted by molar-refractivity contribution is -0.141. The number of ether oxygens (including phenoxy) is 1. The summed E-state index contributed by atoms with van der Waals surface area (Å²) in [5.74, 6) is -0.376. The van der Waals surface area contributed by atoms with Crippen molar-refractivity contribution in [3.63, 3.8) is 0 Å². The van der Waals surface area contributed by atoms with Gasteiger partial charge in [0.05, 0.1) is 13.7 Å². The number of methoxy groups -OCH3 is 1. The summed E-state index contributed by atoms with van der Waals surface area (Å²) in [5, 5.41) is 2.78. The molecule has 1 aromatic rings. The lowest BCUT2D eigenvalue weighted by Crippen LogP contribution is -2.29. The summed E-state index contributed by atoms with van der Waals surface area (Å²) in [4.78, 5) is 24.4. The molecule has 18 heavy (non-hydrogen) atoms. The Kier molecular flexibility index (Phi) is 5.87. The quantitative estimate of drug-likeness (QED) is 0.769. The second kappa shape index (κ2) is 7.45. The van der Waals surface area contributed by atoms with Crippen molar-refractivity contribution in [1.82, 2.24) is 4.90 Å². The molecule has 0 radical (unpaired) electrons. The fraction of sp³-hybridized carbons (Fsp3) is 0.385.